The molecule has 0 bridgehead atoms. The second-order valence-electron chi connectivity index (χ2n) is 29.1. The van der Waals surface area contributed by atoms with E-state index < -0.39 is 24.3 Å². The van der Waals surface area contributed by atoms with Gasteiger partial charge < -0.3 is 33.3 Å². The van der Waals surface area contributed by atoms with Crippen LogP contribution in [0, 0.1) is 0 Å². The number of carboxylic acids is 1. The predicted octanol–water partition coefficient (Wildman–Crippen LogP) is 24.5. The van der Waals surface area contributed by atoms with Gasteiger partial charge in [0.05, 0.1) is 40.3 Å². The smallest absolute Gasteiger partial charge is 0.306 e. The van der Waals surface area contributed by atoms with Crippen LogP contribution in [-0.2, 0) is 33.3 Å². The van der Waals surface area contributed by atoms with E-state index in [1.165, 1.54) is 340 Å². The van der Waals surface area contributed by atoms with Crippen molar-refractivity contribution in [2.45, 2.75) is 431 Å². The highest BCUT2D eigenvalue weighted by Gasteiger charge is 2.22. The van der Waals surface area contributed by atoms with Crippen LogP contribution in [0.4, 0.5) is 0 Å². The van der Waals surface area contributed by atoms with Crippen LogP contribution in [0.1, 0.15) is 418 Å². The molecule has 0 aromatic rings. The summed E-state index contributed by atoms with van der Waals surface area (Å²) >= 11 is 0. The Labute approximate surface area is 572 Å². The molecular weight excluding hydrogens is 1140 g/mol. The zero-order valence-electron chi connectivity index (χ0n) is 62.2. The molecule has 542 valence electrons. The molecule has 2 unspecified atom stereocenters. The van der Waals surface area contributed by atoms with Crippen LogP contribution < -0.4 is 5.11 Å². The number of hydrogen-bond donors (Lipinski definition) is 0. The summed E-state index contributed by atoms with van der Waals surface area (Å²) in [5, 5.41) is 11.9. The Kier molecular flexibility index (Phi) is 72.3. The Morgan fingerprint density at radius 3 is 0.870 bits per heavy atom. The first-order valence-corrected chi connectivity index (χ1v) is 40.6. The second-order valence-corrected chi connectivity index (χ2v) is 29.1. The Balaban J connectivity index is 3.95. The van der Waals surface area contributed by atoms with Crippen molar-refractivity contribution in [3.05, 3.63) is 36.5 Å². The standard InChI is InChI=1S/C83H157NO8/c1-6-8-10-12-14-16-18-20-22-24-26-28-30-32-34-36-37-38-39-40-41-42-43-44-46-47-49-51-53-55-57-59-61-63-65-67-69-71-73-80(85)90-77-79(78-91-83(82(87)88)89-76-75-84(3,4)5)92-81(86)74-72-70-68-66-64-62-60-58-56-54-52-50-48-45-35-33-31-29-27-25-23-21-19-17-15-13-11-9-7-2/h19,21,25,27,31,33,79,83H,6-18,20,22-24,26,28-30,32,34-78H2,1-5H3/b21-19-,27-25-,33-31-. The molecule has 0 spiro atoms. The predicted molar refractivity (Wildman–Crippen MR) is 394 cm³/mol. The monoisotopic (exact) mass is 1300 g/mol. The number of unbranched alkanes of at least 4 members (excludes halogenated alkanes) is 56. The van der Waals surface area contributed by atoms with Crippen molar-refractivity contribution < 1.29 is 42.9 Å². The first-order chi connectivity index (χ1) is 45.1. The first kappa shape index (κ1) is 89.5. The third-order valence-corrected chi connectivity index (χ3v) is 18.6. The summed E-state index contributed by atoms with van der Waals surface area (Å²) in [6.45, 7) is 4.81. The van der Waals surface area contributed by atoms with Gasteiger partial charge in [0.2, 0.25) is 0 Å². The van der Waals surface area contributed by atoms with Crippen LogP contribution in [0.3, 0.4) is 0 Å². The van der Waals surface area contributed by atoms with Crippen LogP contribution in [0.25, 0.3) is 0 Å². The molecule has 0 amide bonds. The van der Waals surface area contributed by atoms with E-state index in [4.69, 9.17) is 18.9 Å². The lowest BCUT2D eigenvalue weighted by molar-refractivity contribution is -0.870. The fourth-order valence-corrected chi connectivity index (χ4v) is 12.4. The largest absolute Gasteiger partial charge is 0.545 e. The number of carboxylic acid groups (broad SMARTS) is 1. The molecular formula is C83H157NO8. The highest BCUT2D eigenvalue weighted by atomic mass is 16.7. The number of quaternary nitrogens is 1. The van der Waals surface area contributed by atoms with Crippen molar-refractivity contribution in [1.29, 1.82) is 0 Å². The Morgan fingerprint density at radius 2 is 0.587 bits per heavy atom. The number of hydrogen-bond acceptors (Lipinski definition) is 8. The van der Waals surface area contributed by atoms with Crippen LogP contribution in [0.5, 0.6) is 0 Å². The number of nitrogens with zero attached hydrogens (tertiary/aromatic N) is 1. The molecule has 0 saturated heterocycles. The van der Waals surface area contributed by atoms with E-state index in [0.29, 0.717) is 23.9 Å². The fourth-order valence-electron chi connectivity index (χ4n) is 12.4. The van der Waals surface area contributed by atoms with Crippen molar-refractivity contribution >= 4 is 17.9 Å². The van der Waals surface area contributed by atoms with Gasteiger partial charge in [0.25, 0.3) is 0 Å². The van der Waals surface area contributed by atoms with E-state index in [1.54, 1.807) is 0 Å². The van der Waals surface area contributed by atoms with Gasteiger partial charge in [-0.15, -0.1) is 0 Å². The second kappa shape index (κ2) is 74.3. The van der Waals surface area contributed by atoms with Crippen molar-refractivity contribution in [3.8, 4) is 0 Å². The zero-order chi connectivity index (χ0) is 66.8. The van der Waals surface area contributed by atoms with Gasteiger partial charge in [-0.25, -0.2) is 0 Å². The number of carbonyl (C=O) groups excluding carboxylic acids is 3. The van der Waals surface area contributed by atoms with Gasteiger partial charge in [0, 0.05) is 12.8 Å². The number of rotatable bonds is 77. The average molecular weight is 1300 g/mol. The minimum absolute atomic E-state index is 0.150. The minimum Gasteiger partial charge on any atom is -0.545 e. The molecule has 0 radical (unpaired) electrons. The Hall–Kier alpha value is -2.49. The van der Waals surface area contributed by atoms with Crippen molar-refractivity contribution in [3.63, 3.8) is 0 Å². The molecule has 0 saturated carbocycles. The number of aliphatic carboxylic acids is 1. The van der Waals surface area contributed by atoms with Crippen LogP contribution in [-0.4, -0.2) is 82.3 Å². The average Bonchev–Trinajstić information content (AvgIpc) is 3.75. The molecule has 0 heterocycles. The van der Waals surface area contributed by atoms with Gasteiger partial charge in [-0.2, -0.15) is 0 Å². The molecule has 0 N–H and O–H groups in total. The van der Waals surface area contributed by atoms with Gasteiger partial charge in [0.1, 0.15) is 13.2 Å². The molecule has 0 aliphatic carbocycles. The molecule has 0 aliphatic heterocycles. The molecule has 0 aliphatic rings. The zero-order valence-corrected chi connectivity index (χ0v) is 62.2. The fraction of sp³-hybridized carbons (Fsp3) is 0.892. The number of esters is 2. The maximum absolute atomic E-state index is 13.0. The maximum Gasteiger partial charge on any atom is 0.306 e. The van der Waals surface area contributed by atoms with Gasteiger partial charge in [-0.3, -0.25) is 9.59 Å². The third-order valence-electron chi connectivity index (χ3n) is 18.6. The highest BCUT2D eigenvalue weighted by Crippen LogP contribution is 2.20. The Morgan fingerprint density at radius 1 is 0.326 bits per heavy atom. The normalized spacial score (nSPS) is 12.8. The van der Waals surface area contributed by atoms with Crippen molar-refractivity contribution in [2.75, 3.05) is 47.5 Å². The summed E-state index contributed by atoms with van der Waals surface area (Å²) in [5.41, 5.74) is 0. The van der Waals surface area contributed by atoms with Gasteiger partial charge in [0.15, 0.2) is 12.4 Å². The summed E-state index contributed by atoms with van der Waals surface area (Å²) in [7, 11) is 5.95. The van der Waals surface area contributed by atoms with E-state index in [0.717, 1.165) is 44.9 Å². The lowest BCUT2D eigenvalue weighted by Crippen LogP contribution is -2.44. The van der Waals surface area contributed by atoms with Crippen LogP contribution in [0.2, 0.25) is 0 Å². The first-order valence-electron chi connectivity index (χ1n) is 40.6. The minimum atomic E-state index is -1.62. The molecule has 0 fully saturated rings. The molecule has 0 rings (SSSR count). The summed E-state index contributed by atoms with van der Waals surface area (Å²) in [6.07, 6.45) is 92.8. The van der Waals surface area contributed by atoms with Gasteiger partial charge in [-0.05, 0) is 51.4 Å². The summed E-state index contributed by atoms with van der Waals surface area (Å²) in [5.74, 6) is -2.25. The Bertz CT molecular complexity index is 1600. The van der Waals surface area contributed by atoms with Crippen LogP contribution in [0.15, 0.2) is 36.5 Å². The third kappa shape index (κ3) is 74.9. The summed E-state index contributed by atoms with van der Waals surface area (Å²) < 4.78 is 22.9. The van der Waals surface area contributed by atoms with Crippen molar-refractivity contribution in [1.82, 2.24) is 0 Å². The maximum atomic E-state index is 13.0. The molecule has 9 heteroatoms. The van der Waals surface area contributed by atoms with Gasteiger partial charge >= 0.3 is 11.9 Å². The molecule has 0 aromatic heterocycles. The highest BCUT2D eigenvalue weighted by molar-refractivity contribution is 5.70. The number of ether oxygens (including phenoxy) is 4. The topological polar surface area (TPSA) is 111 Å². The molecule has 2 atom stereocenters. The summed E-state index contributed by atoms with van der Waals surface area (Å²) in [6, 6.07) is 0. The number of likely N-dealkylation sites (N-methyl/N-ethyl adjacent to an activating group) is 1. The molecule has 9 nitrogen and oxygen atoms in total. The quantitative estimate of drug-likeness (QED) is 0.0195. The lowest BCUT2D eigenvalue weighted by Gasteiger charge is -2.26. The SMILES string of the molecule is CCCCCCC/C=C\C/C=C\C/C=C\CCCCCCCCCCCCCCCCC(=O)OC(COC(=O)CCCCCCCCCCCCCCCCCCCCCCCCCCCCCCCCCCCCCCCC)COC(OCC[N+](C)(C)C)C(=O)[O-]. The van der Waals surface area contributed by atoms with Gasteiger partial charge in [-0.1, -0.05) is 391 Å². The molecule has 92 heavy (non-hydrogen) atoms. The number of allylic oxidation sites excluding steroid dienone is 6. The van der Waals surface area contributed by atoms with E-state index in [-0.39, 0.29) is 32.2 Å². The van der Waals surface area contributed by atoms with E-state index >= 15 is 0 Å². The number of carbonyl (C=O) groups is 3. The van der Waals surface area contributed by atoms with E-state index in [9.17, 15) is 19.5 Å². The van der Waals surface area contributed by atoms with Crippen LogP contribution >= 0.6 is 0 Å². The van der Waals surface area contributed by atoms with Crippen molar-refractivity contribution in [2.24, 2.45) is 0 Å². The molecule has 0 aromatic carbocycles. The lowest BCUT2D eigenvalue weighted by atomic mass is 10.0. The summed E-state index contributed by atoms with van der Waals surface area (Å²) in [4.78, 5) is 37.6. The van der Waals surface area contributed by atoms with E-state index in [1.807, 2.05) is 21.1 Å². The van der Waals surface area contributed by atoms with E-state index in [2.05, 4.69) is 50.3 Å².